The van der Waals surface area contributed by atoms with Gasteiger partial charge in [0, 0.05) is 19.0 Å². The number of hydrogen-bond acceptors (Lipinski definition) is 2. The van der Waals surface area contributed by atoms with Crippen LogP contribution in [-0.2, 0) is 22.6 Å². The molecule has 0 bridgehead atoms. The summed E-state index contributed by atoms with van der Waals surface area (Å²) >= 11 is 0. The first-order valence-electron chi connectivity index (χ1n) is 8.41. The van der Waals surface area contributed by atoms with Crippen molar-refractivity contribution in [3.63, 3.8) is 0 Å². The third-order valence-electron chi connectivity index (χ3n) is 5.46. The lowest BCUT2D eigenvalue weighted by Crippen LogP contribution is -2.63. The average molecular weight is 298 g/mol. The van der Waals surface area contributed by atoms with Crippen LogP contribution in [0.3, 0.4) is 0 Å². The SMILES string of the molecule is O=C1[C@@H]2Cc3ccccc3CN2C(=O)CN1C1CCCCC1. The molecule has 1 aliphatic carbocycles. The maximum absolute atomic E-state index is 12.9. The molecule has 0 unspecified atom stereocenters. The molecule has 0 spiro atoms. The van der Waals surface area contributed by atoms with Gasteiger partial charge in [-0.25, -0.2) is 0 Å². The number of carbonyl (C=O) groups is 2. The minimum Gasteiger partial charge on any atom is -0.329 e. The lowest BCUT2D eigenvalue weighted by molar-refractivity contribution is -0.160. The highest BCUT2D eigenvalue weighted by molar-refractivity contribution is 5.95. The first kappa shape index (κ1) is 13.8. The molecule has 1 saturated carbocycles. The van der Waals surface area contributed by atoms with E-state index in [1.165, 1.54) is 30.4 Å². The lowest BCUT2D eigenvalue weighted by Gasteiger charge is -2.46. The second kappa shape index (κ2) is 5.41. The van der Waals surface area contributed by atoms with E-state index in [1.807, 2.05) is 17.0 Å². The third kappa shape index (κ3) is 2.21. The molecule has 3 aliphatic rings. The van der Waals surface area contributed by atoms with Crippen LogP contribution in [0.1, 0.15) is 43.2 Å². The molecule has 116 valence electrons. The van der Waals surface area contributed by atoms with E-state index in [2.05, 4.69) is 12.1 Å². The molecule has 0 N–H and O–H groups in total. The van der Waals surface area contributed by atoms with Crippen molar-refractivity contribution in [2.45, 2.75) is 57.2 Å². The van der Waals surface area contributed by atoms with Crippen molar-refractivity contribution in [2.24, 2.45) is 0 Å². The Balaban J connectivity index is 1.60. The van der Waals surface area contributed by atoms with Crippen molar-refractivity contribution < 1.29 is 9.59 Å². The first-order valence-corrected chi connectivity index (χ1v) is 8.41. The number of fused-ring (bicyclic) bond motifs is 2. The van der Waals surface area contributed by atoms with Crippen LogP contribution in [0.2, 0.25) is 0 Å². The van der Waals surface area contributed by atoms with Gasteiger partial charge in [0.1, 0.15) is 12.6 Å². The first-order chi connectivity index (χ1) is 10.7. The normalized spacial score (nSPS) is 25.9. The van der Waals surface area contributed by atoms with E-state index >= 15 is 0 Å². The Morgan fingerprint density at radius 1 is 0.864 bits per heavy atom. The summed E-state index contributed by atoms with van der Waals surface area (Å²) < 4.78 is 0. The van der Waals surface area contributed by atoms with E-state index < -0.39 is 0 Å². The Labute approximate surface area is 131 Å². The highest BCUT2D eigenvalue weighted by atomic mass is 16.2. The molecule has 0 radical (unpaired) electrons. The molecule has 0 aromatic heterocycles. The number of piperazine rings is 1. The molecular weight excluding hydrogens is 276 g/mol. The van der Waals surface area contributed by atoms with Gasteiger partial charge in [0.25, 0.3) is 0 Å². The van der Waals surface area contributed by atoms with Crippen LogP contribution in [0, 0.1) is 0 Å². The van der Waals surface area contributed by atoms with Crippen molar-refractivity contribution in [1.82, 2.24) is 9.80 Å². The van der Waals surface area contributed by atoms with Gasteiger partial charge in [-0.05, 0) is 24.0 Å². The number of carbonyl (C=O) groups excluding carboxylic acids is 2. The van der Waals surface area contributed by atoms with Crippen LogP contribution in [0.15, 0.2) is 24.3 Å². The summed E-state index contributed by atoms with van der Waals surface area (Å²) in [5.74, 6) is 0.283. The van der Waals surface area contributed by atoms with Gasteiger partial charge in [0.05, 0.1) is 0 Å². The summed E-state index contributed by atoms with van der Waals surface area (Å²) in [6.45, 7) is 0.867. The Kier molecular flexibility index (Phi) is 3.40. The second-order valence-electron chi connectivity index (χ2n) is 6.77. The quantitative estimate of drug-likeness (QED) is 0.797. The Hall–Kier alpha value is -1.84. The van der Waals surface area contributed by atoms with Gasteiger partial charge < -0.3 is 9.80 Å². The molecule has 4 rings (SSSR count). The molecule has 1 aromatic carbocycles. The zero-order valence-electron chi connectivity index (χ0n) is 12.8. The maximum Gasteiger partial charge on any atom is 0.246 e. The fourth-order valence-corrected chi connectivity index (χ4v) is 4.21. The number of amides is 2. The third-order valence-corrected chi connectivity index (χ3v) is 5.46. The standard InChI is InChI=1S/C18H22N2O2/c21-17-12-19(15-8-2-1-3-9-15)18(22)16-10-13-6-4-5-7-14(13)11-20(16)17/h4-7,15-16H,1-3,8-12H2/t16-/m0/s1. The van der Waals surface area contributed by atoms with Gasteiger partial charge in [-0.15, -0.1) is 0 Å². The predicted octanol–water partition coefficient (Wildman–Crippen LogP) is 2.11. The molecule has 1 atom stereocenters. The fraction of sp³-hybridized carbons (Fsp3) is 0.556. The summed E-state index contributed by atoms with van der Waals surface area (Å²) in [6.07, 6.45) is 6.41. The van der Waals surface area contributed by atoms with Crippen LogP contribution in [0.4, 0.5) is 0 Å². The van der Waals surface area contributed by atoms with Crippen molar-refractivity contribution in [2.75, 3.05) is 6.54 Å². The van der Waals surface area contributed by atoms with Crippen molar-refractivity contribution in [3.05, 3.63) is 35.4 Å². The largest absolute Gasteiger partial charge is 0.329 e. The van der Waals surface area contributed by atoms with Crippen molar-refractivity contribution in [1.29, 1.82) is 0 Å². The summed E-state index contributed by atoms with van der Waals surface area (Å²) in [5.41, 5.74) is 2.40. The maximum atomic E-state index is 12.9. The molecule has 4 nitrogen and oxygen atoms in total. The zero-order chi connectivity index (χ0) is 15.1. The molecule has 4 heteroatoms. The van der Waals surface area contributed by atoms with E-state index in [9.17, 15) is 9.59 Å². The molecule has 2 fully saturated rings. The smallest absolute Gasteiger partial charge is 0.246 e. The van der Waals surface area contributed by atoms with Crippen LogP contribution in [0.25, 0.3) is 0 Å². The fourth-order valence-electron chi connectivity index (χ4n) is 4.21. The van der Waals surface area contributed by atoms with Gasteiger partial charge in [0.15, 0.2) is 0 Å². The lowest BCUT2D eigenvalue weighted by atomic mass is 9.89. The van der Waals surface area contributed by atoms with E-state index in [0.29, 0.717) is 13.0 Å². The topological polar surface area (TPSA) is 40.6 Å². The van der Waals surface area contributed by atoms with Gasteiger partial charge in [-0.1, -0.05) is 43.5 Å². The van der Waals surface area contributed by atoms with Crippen molar-refractivity contribution >= 4 is 11.8 Å². The minimum absolute atomic E-state index is 0.115. The number of rotatable bonds is 1. The molecule has 1 aromatic rings. The minimum atomic E-state index is -0.280. The van der Waals surface area contributed by atoms with Crippen LogP contribution in [0.5, 0.6) is 0 Å². The summed E-state index contributed by atoms with van der Waals surface area (Å²) in [7, 11) is 0. The Bertz CT molecular complexity index is 607. The summed E-state index contributed by atoms with van der Waals surface area (Å²) in [5, 5.41) is 0. The highest BCUT2D eigenvalue weighted by Crippen LogP contribution is 2.31. The van der Waals surface area contributed by atoms with E-state index in [0.717, 1.165) is 12.8 Å². The molecule has 2 aliphatic heterocycles. The summed E-state index contributed by atoms with van der Waals surface area (Å²) in [6, 6.07) is 8.18. The number of hydrogen-bond donors (Lipinski definition) is 0. The zero-order valence-corrected chi connectivity index (χ0v) is 12.8. The van der Waals surface area contributed by atoms with Gasteiger partial charge in [-0.2, -0.15) is 0 Å². The van der Waals surface area contributed by atoms with Crippen LogP contribution < -0.4 is 0 Å². The summed E-state index contributed by atoms with van der Waals surface area (Å²) in [4.78, 5) is 29.2. The average Bonchev–Trinajstić information content (AvgIpc) is 2.57. The van der Waals surface area contributed by atoms with Gasteiger partial charge in [0.2, 0.25) is 11.8 Å². The van der Waals surface area contributed by atoms with Gasteiger partial charge >= 0.3 is 0 Å². The molecule has 2 heterocycles. The second-order valence-corrected chi connectivity index (χ2v) is 6.77. The Morgan fingerprint density at radius 2 is 1.59 bits per heavy atom. The monoisotopic (exact) mass is 298 g/mol. The number of nitrogens with zero attached hydrogens (tertiary/aromatic N) is 2. The molecule has 1 saturated heterocycles. The van der Waals surface area contributed by atoms with Gasteiger partial charge in [-0.3, -0.25) is 9.59 Å². The molecular formula is C18H22N2O2. The highest BCUT2D eigenvalue weighted by Gasteiger charge is 2.43. The number of benzene rings is 1. The van der Waals surface area contributed by atoms with E-state index in [-0.39, 0.29) is 30.4 Å². The van der Waals surface area contributed by atoms with E-state index in [1.54, 1.807) is 4.90 Å². The van der Waals surface area contributed by atoms with Crippen LogP contribution in [-0.4, -0.2) is 40.2 Å². The van der Waals surface area contributed by atoms with Crippen molar-refractivity contribution in [3.8, 4) is 0 Å². The van der Waals surface area contributed by atoms with E-state index in [4.69, 9.17) is 0 Å². The molecule has 22 heavy (non-hydrogen) atoms. The predicted molar refractivity (Wildman–Crippen MR) is 83.1 cm³/mol. The Morgan fingerprint density at radius 3 is 2.36 bits per heavy atom. The van der Waals surface area contributed by atoms with Crippen LogP contribution >= 0.6 is 0 Å². The molecule has 2 amide bonds.